The number of urea groups is 1. The minimum Gasteiger partial charge on any atom is -0.333 e. The molecule has 0 saturated carbocycles. The molecule has 1 heterocycles. The van der Waals surface area contributed by atoms with Gasteiger partial charge in [-0.15, -0.1) is 11.3 Å². The van der Waals surface area contributed by atoms with Gasteiger partial charge >= 0.3 is 6.03 Å². The van der Waals surface area contributed by atoms with Crippen LogP contribution in [-0.2, 0) is 11.3 Å². The average molecular weight is 213 g/mol. The van der Waals surface area contributed by atoms with Gasteiger partial charge in [0.05, 0.1) is 13.1 Å². The first-order valence-corrected chi connectivity index (χ1v) is 4.90. The van der Waals surface area contributed by atoms with Crippen LogP contribution < -0.4 is 16.4 Å². The van der Waals surface area contributed by atoms with Crippen molar-refractivity contribution in [1.82, 2.24) is 10.6 Å². The molecule has 0 aliphatic heterocycles. The third-order valence-corrected chi connectivity index (χ3v) is 2.32. The molecule has 14 heavy (non-hydrogen) atoms. The number of hydrogen-bond donors (Lipinski definition) is 3. The van der Waals surface area contributed by atoms with E-state index in [1.54, 1.807) is 0 Å². The van der Waals surface area contributed by atoms with Crippen LogP contribution in [-0.4, -0.2) is 18.5 Å². The van der Waals surface area contributed by atoms with Crippen LogP contribution in [0.1, 0.15) is 4.88 Å². The number of carbonyl (C=O) groups is 2. The Morgan fingerprint density at radius 3 is 2.86 bits per heavy atom. The van der Waals surface area contributed by atoms with Crippen LogP contribution in [0.5, 0.6) is 0 Å². The number of thiophene rings is 1. The minimum atomic E-state index is -0.520. The normalized spacial score (nSPS) is 9.50. The van der Waals surface area contributed by atoms with E-state index in [9.17, 15) is 9.59 Å². The van der Waals surface area contributed by atoms with Crippen LogP contribution in [0.3, 0.4) is 0 Å². The SMILES string of the molecule is NCC(=O)NC(=O)NCc1cccs1. The van der Waals surface area contributed by atoms with Crippen molar-refractivity contribution in [2.24, 2.45) is 5.73 Å². The predicted octanol–water partition coefficient (Wildman–Crippen LogP) is 0.0326. The highest BCUT2D eigenvalue weighted by molar-refractivity contribution is 7.09. The fourth-order valence-corrected chi connectivity index (χ4v) is 1.45. The summed E-state index contributed by atoms with van der Waals surface area (Å²) in [7, 11) is 0. The molecule has 0 unspecified atom stereocenters. The lowest BCUT2D eigenvalue weighted by Crippen LogP contribution is -2.41. The Bertz CT molecular complexity index is 310. The van der Waals surface area contributed by atoms with E-state index in [0.29, 0.717) is 6.54 Å². The quantitative estimate of drug-likeness (QED) is 0.662. The summed E-state index contributed by atoms with van der Waals surface area (Å²) in [5, 5.41) is 6.53. The Morgan fingerprint density at radius 2 is 2.29 bits per heavy atom. The van der Waals surface area contributed by atoms with Crippen molar-refractivity contribution < 1.29 is 9.59 Å². The molecule has 1 aromatic rings. The maximum Gasteiger partial charge on any atom is 0.321 e. The molecule has 1 aromatic heterocycles. The first-order chi connectivity index (χ1) is 6.72. The van der Waals surface area contributed by atoms with Crippen molar-refractivity contribution in [2.75, 3.05) is 6.54 Å². The number of hydrogen-bond acceptors (Lipinski definition) is 4. The third kappa shape index (κ3) is 3.55. The number of carbonyl (C=O) groups excluding carboxylic acids is 2. The van der Waals surface area contributed by atoms with E-state index in [0.717, 1.165) is 4.88 Å². The van der Waals surface area contributed by atoms with Gasteiger partial charge in [0.15, 0.2) is 0 Å². The van der Waals surface area contributed by atoms with Crippen LogP contribution >= 0.6 is 11.3 Å². The summed E-state index contributed by atoms with van der Waals surface area (Å²) in [5.74, 6) is -0.492. The molecule has 0 bridgehead atoms. The van der Waals surface area contributed by atoms with E-state index in [1.165, 1.54) is 11.3 Å². The zero-order valence-electron chi connectivity index (χ0n) is 7.45. The van der Waals surface area contributed by atoms with Crippen LogP contribution in [0.15, 0.2) is 17.5 Å². The lowest BCUT2D eigenvalue weighted by atomic mass is 10.5. The number of nitrogens with two attached hydrogens (primary N) is 1. The van der Waals surface area contributed by atoms with Gasteiger partial charge in [0.2, 0.25) is 5.91 Å². The summed E-state index contributed by atoms with van der Waals surface area (Å²) >= 11 is 1.54. The van der Waals surface area contributed by atoms with Crippen LogP contribution in [0.4, 0.5) is 4.79 Å². The number of amides is 3. The lowest BCUT2D eigenvalue weighted by Gasteiger charge is -2.03. The molecule has 0 atom stereocenters. The zero-order chi connectivity index (χ0) is 10.4. The highest BCUT2D eigenvalue weighted by Crippen LogP contribution is 2.06. The first kappa shape index (κ1) is 10.7. The molecular weight excluding hydrogens is 202 g/mol. The van der Waals surface area contributed by atoms with Crippen molar-refractivity contribution in [3.05, 3.63) is 22.4 Å². The second kappa shape index (κ2) is 5.36. The minimum absolute atomic E-state index is 0.188. The number of nitrogens with one attached hydrogen (secondary N) is 2. The Morgan fingerprint density at radius 1 is 1.50 bits per heavy atom. The summed E-state index contributed by atoms with van der Waals surface area (Å²) in [5.41, 5.74) is 5.02. The maximum atomic E-state index is 11.0. The van der Waals surface area contributed by atoms with Gasteiger partial charge in [0.1, 0.15) is 0 Å². The summed E-state index contributed by atoms with van der Waals surface area (Å²) in [4.78, 5) is 22.7. The Hall–Kier alpha value is -1.40. The van der Waals surface area contributed by atoms with Gasteiger partial charge in [-0.3, -0.25) is 10.1 Å². The van der Waals surface area contributed by atoms with Gasteiger partial charge in [-0.2, -0.15) is 0 Å². The van der Waals surface area contributed by atoms with Gasteiger partial charge < -0.3 is 11.1 Å². The monoisotopic (exact) mass is 213 g/mol. The Labute approximate surface area is 85.3 Å². The molecule has 0 saturated heterocycles. The molecular formula is C8H11N3O2S. The molecule has 3 amide bonds. The highest BCUT2D eigenvalue weighted by atomic mass is 32.1. The smallest absolute Gasteiger partial charge is 0.321 e. The molecule has 0 fully saturated rings. The molecule has 5 nitrogen and oxygen atoms in total. The van der Waals surface area contributed by atoms with E-state index < -0.39 is 11.9 Å². The van der Waals surface area contributed by atoms with Crippen LogP contribution in [0, 0.1) is 0 Å². The zero-order valence-corrected chi connectivity index (χ0v) is 8.26. The first-order valence-electron chi connectivity index (χ1n) is 4.02. The molecule has 6 heteroatoms. The van der Waals surface area contributed by atoms with Crippen molar-refractivity contribution in [3.8, 4) is 0 Å². The van der Waals surface area contributed by atoms with E-state index in [4.69, 9.17) is 5.73 Å². The van der Waals surface area contributed by atoms with Gasteiger partial charge in [0, 0.05) is 4.88 Å². The van der Waals surface area contributed by atoms with E-state index in [-0.39, 0.29) is 6.54 Å². The molecule has 0 aliphatic carbocycles. The van der Waals surface area contributed by atoms with Crippen LogP contribution in [0.25, 0.3) is 0 Å². The predicted molar refractivity (Wildman–Crippen MR) is 53.8 cm³/mol. The molecule has 0 aliphatic rings. The second-order valence-electron chi connectivity index (χ2n) is 2.51. The Balaban J connectivity index is 2.25. The summed E-state index contributed by atoms with van der Waals surface area (Å²) in [6.45, 7) is 0.230. The average Bonchev–Trinajstić information content (AvgIpc) is 2.67. The third-order valence-electron chi connectivity index (χ3n) is 1.44. The van der Waals surface area contributed by atoms with E-state index in [1.807, 2.05) is 17.5 Å². The van der Waals surface area contributed by atoms with E-state index >= 15 is 0 Å². The van der Waals surface area contributed by atoms with Gasteiger partial charge in [-0.1, -0.05) is 6.07 Å². The van der Waals surface area contributed by atoms with Gasteiger partial charge in [0.25, 0.3) is 0 Å². The summed E-state index contributed by atoms with van der Waals surface area (Å²) in [6.07, 6.45) is 0. The topological polar surface area (TPSA) is 84.2 Å². The van der Waals surface area contributed by atoms with Gasteiger partial charge in [-0.25, -0.2) is 4.79 Å². The number of rotatable bonds is 3. The molecule has 1 rings (SSSR count). The molecule has 0 spiro atoms. The molecule has 0 radical (unpaired) electrons. The molecule has 4 N–H and O–H groups in total. The Kier molecular flexibility index (Phi) is 4.09. The van der Waals surface area contributed by atoms with E-state index in [2.05, 4.69) is 10.6 Å². The fraction of sp³-hybridized carbons (Fsp3) is 0.250. The van der Waals surface area contributed by atoms with Crippen molar-refractivity contribution in [1.29, 1.82) is 0 Å². The van der Waals surface area contributed by atoms with Gasteiger partial charge in [-0.05, 0) is 11.4 Å². The van der Waals surface area contributed by atoms with Crippen LogP contribution in [0.2, 0.25) is 0 Å². The largest absolute Gasteiger partial charge is 0.333 e. The standard InChI is InChI=1S/C8H11N3O2S/c9-4-7(12)11-8(13)10-5-6-2-1-3-14-6/h1-3H,4-5,9H2,(H2,10,11,12,13). The fourth-order valence-electron chi connectivity index (χ4n) is 0.802. The maximum absolute atomic E-state index is 11.0. The summed E-state index contributed by atoms with van der Waals surface area (Å²) in [6, 6.07) is 3.27. The molecule has 76 valence electrons. The molecule has 0 aromatic carbocycles. The summed E-state index contributed by atoms with van der Waals surface area (Å²) < 4.78 is 0. The highest BCUT2D eigenvalue weighted by Gasteiger charge is 2.04. The van der Waals surface area contributed by atoms with Crippen molar-refractivity contribution in [2.45, 2.75) is 6.54 Å². The van der Waals surface area contributed by atoms with Crippen molar-refractivity contribution in [3.63, 3.8) is 0 Å². The lowest BCUT2D eigenvalue weighted by molar-refractivity contribution is -0.118. The second-order valence-corrected chi connectivity index (χ2v) is 3.55. The number of imide groups is 1. The van der Waals surface area contributed by atoms with Crippen molar-refractivity contribution >= 4 is 23.3 Å².